The van der Waals surface area contributed by atoms with Gasteiger partial charge in [-0.05, 0) is 39.2 Å². The Balaban J connectivity index is 2.05. The molecule has 0 aromatic heterocycles. The molecule has 0 unspecified atom stereocenters. The van der Waals surface area contributed by atoms with Gasteiger partial charge < -0.3 is 10.1 Å². The van der Waals surface area contributed by atoms with Gasteiger partial charge in [-0.25, -0.2) is 0 Å². The lowest BCUT2D eigenvalue weighted by Crippen LogP contribution is -2.37. The van der Waals surface area contributed by atoms with E-state index in [0.29, 0.717) is 19.6 Å². The Kier molecular flexibility index (Phi) is 6.57. The summed E-state index contributed by atoms with van der Waals surface area (Å²) < 4.78 is 5.20. The predicted molar refractivity (Wildman–Crippen MR) is 78.1 cm³/mol. The van der Waals surface area contributed by atoms with Crippen molar-refractivity contribution in [2.75, 3.05) is 13.2 Å². The van der Waals surface area contributed by atoms with Crippen LogP contribution in [-0.4, -0.2) is 24.7 Å². The van der Waals surface area contributed by atoms with Gasteiger partial charge in [-0.3, -0.25) is 4.79 Å². The molecule has 1 rings (SSSR count). The fourth-order valence-electron chi connectivity index (χ4n) is 1.72. The van der Waals surface area contributed by atoms with Crippen LogP contribution in [0, 0.1) is 0 Å². The van der Waals surface area contributed by atoms with Crippen LogP contribution in [0.4, 0.5) is 0 Å². The van der Waals surface area contributed by atoms with Crippen LogP contribution in [0.3, 0.4) is 0 Å². The highest BCUT2D eigenvalue weighted by molar-refractivity contribution is 5.69. The molecule has 0 aliphatic rings. The molecule has 3 heteroatoms. The Morgan fingerprint density at radius 3 is 2.53 bits per heavy atom. The van der Waals surface area contributed by atoms with Gasteiger partial charge in [0, 0.05) is 12.1 Å². The third-order valence-electron chi connectivity index (χ3n) is 2.70. The fraction of sp³-hybridized carbons (Fsp3) is 0.562. The highest BCUT2D eigenvalue weighted by Gasteiger charge is 2.09. The number of benzene rings is 1. The lowest BCUT2D eigenvalue weighted by atomic mass is 10.1. The molecule has 0 aliphatic heterocycles. The SMILES string of the molecule is CC(C)(C)NCCC(=O)OCCCc1ccccc1. The number of nitrogens with one attached hydrogen (secondary N) is 1. The van der Waals surface area contributed by atoms with Crippen LogP contribution in [0.5, 0.6) is 0 Å². The summed E-state index contributed by atoms with van der Waals surface area (Å²) in [5.74, 6) is -0.121. The molecular formula is C16H25NO2. The molecule has 106 valence electrons. The standard InChI is InChI=1S/C16H25NO2/c1-16(2,3)17-12-11-15(18)19-13-7-10-14-8-5-4-6-9-14/h4-6,8-9,17H,7,10-13H2,1-3H3. The van der Waals surface area contributed by atoms with E-state index in [1.54, 1.807) is 0 Å². The third-order valence-corrected chi connectivity index (χ3v) is 2.70. The van der Waals surface area contributed by atoms with E-state index in [0.717, 1.165) is 12.8 Å². The van der Waals surface area contributed by atoms with Crippen LogP contribution in [-0.2, 0) is 16.0 Å². The minimum Gasteiger partial charge on any atom is -0.466 e. The average Bonchev–Trinajstić information content (AvgIpc) is 2.34. The van der Waals surface area contributed by atoms with Crippen molar-refractivity contribution in [2.45, 2.75) is 45.6 Å². The zero-order valence-electron chi connectivity index (χ0n) is 12.2. The quantitative estimate of drug-likeness (QED) is 0.607. The van der Waals surface area contributed by atoms with Gasteiger partial charge in [0.25, 0.3) is 0 Å². The van der Waals surface area contributed by atoms with Crippen LogP contribution < -0.4 is 5.32 Å². The molecule has 0 aliphatic carbocycles. The molecular weight excluding hydrogens is 238 g/mol. The molecule has 1 aromatic rings. The lowest BCUT2D eigenvalue weighted by molar-refractivity contribution is -0.143. The summed E-state index contributed by atoms with van der Waals surface area (Å²) in [7, 11) is 0. The Hall–Kier alpha value is -1.35. The second-order valence-corrected chi connectivity index (χ2v) is 5.74. The number of ether oxygens (including phenoxy) is 1. The van der Waals surface area contributed by atoms with E-state index in [-0.39, 0.29) is 11.5 Å². The van der Waals surface area contributed by atoms with E-state index >= 15 is 0 Å². The summed E-state index contributed by atoms with van der Waals surface area (Å²) >= 11 is 0. The van der Waals surface area contributed by atoms with Gasteiger partial charge in [0.05, 0.1) is 13.0 Å². The zero-order valence-corrected chi connectivity index (χ0v) is 12.2. The van der Waals surface area contributed by atoms with Crippen molar-refractivity contribution in [3.63, 3.8) is 0 Å². The number of aryl methyl sites for hydroxylation is 1. The molecule has 19 heavy (non-hydrogen) atoms. The molecule has 0 saturated heterocycles. The van der Waals surface area contributed by atoms with E-state index in [9.17, 15) is 4.79 Å². The summed E-state index contributed by atoms with van der Waals surface area (Å²) in [6, 6.07) is 10.2. The number of hydrogen-bond donors (Lipinski definition) is 1. The fourth-order valence-corrected chi connectivity index (χ4v) is 1.72. The molecule has 0 bridgehead atoms. The van der Waals surface area contributed by atoms with Crippen molar-refractivity contribution < 1.29 is 9.53 Å². The van der Waals surface area contributed by atoms with Crippen molar-refractivity contribution in [3.05, 3.63) is 35.9 Å². The molecule has 0 fully saturated rings. The summed E-state index contributed by atoms with van der Waals surface area (Å²) in [5, 5.41) is 3.27. The first-order chi connectivity index (χ1) is 8.97. The maximum atomic E-state index is 11.5. The summed E-state index contributed by atoms with van der Waals surface area (Å²) in [4.78, 5) is 11.5. The Morgan fingerprint density at radius 2 is 1.89 bits per heavy atom. The average molecular weight is 263 g/mol. The number of rotatable bonds is 7. The van der Waals surface area contributed by atoms with E-state index in [1.807, 2.05) is 18.2 Å². The van der Waals surface area contributed by atoms with Gasteiger partial charge in [-0.2, -0.15) is 0 Å². The van der Waals surface area contributed by atoms with Crippen molar-refractivity contribution in [2.24, 2.45) is 0 Å². The number of carbonyl (C=O) groups is 1. The van der Waals surface area contributed by atoms with Crippen LogP contribution in [0.1, 0.15) is 39.2 Å². The maximum absolute atomic E-state index is 11.5. The van der Waals surface area contributed by atoms with Crippen molar-refractivity contribution >= 4 is 5.97 Å². The predicted octanol–water partition coefficient (Wildman–Crippen LogP) is 2.94. The summed E-state index contributed by atoms with van der Waals surface area (Å²) in [6.07, 6.45) is 2.26. The minimum absolute atomic E-state index is 0.0492. The molecule has 0 radical (unpaired) electrons. The van der Waals surface area contributed by atoms with E-state index in [4.69, 9.17) is 4.74 Å². The first-order valence-electron chi connectivity index (χ1n) is 6.92. The van der Waals surface area contributed by atoms with E-state index in [2.05, 4.69) is 38.2 Å². The van der Waals surface area contributed by atoms with Gasteiger partial charge in [-0.1, -0.05) is 30.3 Å². The highest BCUT2D eigenvalue weighted by atomic mass is 16.5. The topological polar surface area (TPSA) is 38.3 Å². The van der Waals surface area contributed by atoms with Crippen molar-refractivity contribution in [1.82, 2.24) is 5.32 Å². The molecule has 3 nitrogen and oxygen atoms in total. The highest BCUT2D eigenvalue weighted by Crippen LogP contribution is 2.03. The molecule has 1 N–H and O–H groups in total. The third kappa shape index (κ3) is 8.38. The summed E-state index contributed by atoms with van der Waals surface area (Å²) in [5.41, 5.74) is 1.33. The molecule has 0 heterocycles. The first-order valence-corrected chi connectivity index (χ1v) is 6.92. The Labute approximate surface area is 116 Å². The Morgan fingerprint density at radius 1 is 1.21 bits per heavy atom. The Bertz CT molecular complexity index is 368. The molecule has 0 spiro atoms. The van der Waals surface area contributed by atoms with Crippen molar-refractivity contribution in [1.29, 1.82) is 0 Å². The molecule has 0 amide bonds. The maximum Gasteiger partial charge on any atom is 0.307 e. The number of carbonyl (C=O) groups excluding carboxylic acids is 1. The van der Waals surface area contributed by atoms with Gasteiger partial charge in [-0.15, -0.1) is 0 Å². The van der Waals surface area contributed by atoms with E-state index in [1.165, 1.54) is 5.56 Å². The molecule has 0 saturated carbocycles. The zero-order chi connectivity index (χ0) is 14.1. The van der Waals surface area contributed by atoms with Crippen LogP contribution in [0.15, 0.2) is 30.3 Å². The minimum atomic E-state index is -0.121. The summed E-state index contributed by atoms with van der Waals surface area (Å²) in [6.45, 7) is 7.42. The lowest BCUT2D eigenvalue weighted by Gasteiger charge is -2.19. The number of esters is 1. The van der Waals surface area contributed by atoms with E-state index < -0.39 is 0 Å². The van der Waals surface area contributed by atoms with Gasteiger partial charge >= 0.3 is 5.97 Å². The monoisotopic (exact) mass is 263 g/mol. The number of hydrogen-bond acceptors (Lipinski definition) is 3. The van der Waals surface area contributed by atoms with Crippen LogP contribution in [0.2, 0.25) is 0 Å². The largest absolute Gasteiger partial charge is 0.466 e. The van der Waals surface area contributed by atoms with Gasteiger partial charge in [0.15, 0.2) is 0 Å². The first kappa shape index (κ1) is 15.7. The normalized spacial score (nSPS) is 11.3. The van der Waals surface area contributed by atoms with Gasteiger partial charge in [0.1, 0.15) is 0 Å². The van der Waals surface area contributed by atoms with Crippen LogP contribution in [0.25, 0.3) is 0 Å². The second kappa shape index (κ2) is 7.95. The van der Waals surface area contributed by atoms with Crippen LogP contribution >= 0.6 is 0 Å². The molecule has 0 atom stereocenters. The van der Waals surface area contributed by atoms with Crippen molar-refractivity contribution in [3.8, 4) is 0 Å². The molecule has 1 aromatic carbocycles. The smallest absolute Gasteiger partial charge is 0.307 e. The second-order valence-electron chi connectivity index (χ2n) is 5.74. The van der Waals surface area contributed by atoms with Gasteiger partial charge in [0.2, 0.25) is 0 Å².